The van der Waals surface area contributed by atoms with Crippen LogP contribution in [0.5, 0.6) is 0 Å². The van der Waals surface area contributed by atoms with Crippen molar-refractivity contribution >= 4 is 12.1 Å². The normalized spacial score (nSPS) is 21.4. The molecule has 1 aromatic carbocycles. The van der Waals surface area contributed by atoms with Crippen LogP contribution in [0.2, 0.25) is 0 Å². The second-order valence-corrected chi connectivity index (χ2v) is 6.38. The summed E-state index contributed by atoms with van der Waals surface area (Å²) in [6.07, 6.45) is 3.70. The number of β-amino-alcohol motifs (C(OH)–C–C–N with tert-alkyl or cyclic N) is 1. The highest BCUT2D eigenvalue weighted by atomic mass is 16.3. The van der Waals surface area contributed by atoms with Crippen LogP contribution in [0.1, 0.15) is 18.1 Å². The third-order valence-corrected chi connectivity index (χ3v) is 4.33. The predicted molar refractivity (Wildman–Crippen MR) is 93.6 cm³/mol. The molecule has 0 fully saturated rings. The second-order valence-electron chi connectivity index (χ2n) is 6.38. The van der Waals surface area contributed by atoms with E-state index in [1.165, 1.54) is 11.1 Å². The molecule has 0 bridgehead atoms. The highest BCUT2D eigenvalue weighted by Crippen LogP contribution is 2.18. The predicted octanol–water partition coefficient (Wildman–Crippen LogP) is 0.426. The minimum absolute atomic E-state index is 0.133. The summed E-state index contributed by atoms with van der Waals surface area (Å²) in [6, 6.07) is 8.55. The van der Waals surface area contributed by atoms with E-state index in [1.807, 2.05) is 13.0 Å². The highest BCUT2D eigenvalue weighted by Gasteiger charge is 2.19. The lowest BCUT2D eigenvalue weighted by molar-refractivity contribution is -0.118. The number of hydrogen-bond acceptors (Lipinski definition) is 5. The third-order valence-electron chi connectivity index (χ3n) is 4.33. The molecular formula is C18H24N4O2. The van der Waals surface area contributed by atoms with E-state index < -0.39 is 6.10 Å². The number of rotatable bonds is 5. The van der Waals surface area contributed by atoms with E-state index in [9.17, 15) is 9.90 Å². The number of carbonyl (C=O) groups excluding carboxylic acids is 1. The summed E-state index contributed by atoms with van der Waals surface area (Å²) in [5.74, 6) is -0.270. The summed E-state index contributed by atoms with van der Waals surface area (Å²) < 4.78 is 0. The van der Waals surface area contributed by atoms with Gasteiger partial charge in [-0.05, 0) is 24.5 Å². The first-order valence-electron chi connectivity index (χ1n) is 8.37. The Morgan fingerprint density at radius 2 is 2.25 bits per heavy atom. The van der Waals surface area contributed by atoms with Crippen molar-refractivity contribution in [3.05, 3.63) is 47.3 Å². The van der Waals surface area contributed by atoms with Gasteiger partial charge in [0, 0.05) is 38.6 Å². The minimum Gasteiger partial charge on any atom is -0.390 e. The van der Waals surface area contributed by atoms with Crippen LogP contribution >= 0.6 is 0 Å². The van der Waals surface area contributed by atoms with E-state index >= 15 is 0 Å². The molecule has 0 aromatic heterocycles. The first kappa shape index (κ1) is 16.7. The van der Waals surface area contributed by atoms with Gasteiger partial charge >= 0.3 is 0 Å². The zero-order valence-electron chi connectivity index (χ0n) is 13.9. The molecule has 2 atom stereocenters. The fraction of sp³-hybridized carbons (Fsp3) is 0.444. The third kappa shape index (κ3) is 4.21. The summed E-state index contributed by atoms with van der Waals surface area (Å²) in [5, 5.41) is 16.0. The molecule has 6 heteroatoms. The number of aliphatic hydroxyl groups excluding tert-OH is 1. The maximum absolute atomic E-state index is 12.0. The Labute approximate surface area is 142 Å². The summed E-state index contributed by atoms with van der Waals surface area (Å²) in [6.45, 7) is 4.50. The van der Waals surface area contributed by atoms with E-state index in [0.717, 1.165) is 19.5 Å². The van der Waals surface area contributed by atoms with Gasteiger partial charge in [-0.3, -0.25) is 14.7 Å². The van der Waals surface area contributed by atoms with Crippen molar-refractivity contribution < 1.29 is 9.90 Å². The Bertz CT molecular complexity index is 656. The largest absolute Gasteiger partial charge is 0.390 e. The van der Waals surface area contributed by atoms with Crippen molar-refractivity contribution in [1.29, 1.82) is 0 Å². The van der Waals surface area contributed by atoms with Crippen LogP contribution in [0.3, 0.4) is 0 Å². The van der Waals surface area contributed by atoms with E-state index in [1.54, 1.807) is 12.4 Å². The zero-order valence-corrected chi connectivity index (χ0v) is 13.9. The Morgan fingerprint density at radius 3 is 3.00 bits per heavy atom. The van der Waals surface area contributed by atoms with Crippen LogP contribution < -0.4 is 10.6 Å². The molecule has 2 aliphatic rings. The molecule has 24 heavy (non-hydrogen) atoms. The summed E-state index contributed by atoms with van der Waals surface area (Å²) in [5.41, 5.74) is 3.05. The molecule has 3 N–H and O–H groups in total. The van der Waals surface area contributed by atoms with Gasteiger partial charge in [-0.15, -0.1) is 0 Å². The molecule has 0 saturated carbocycles. The van der Waals surface area contributed by atoms with Crippen molar-refractivity contribution in [2.45, 2.75) is 32.0 Å². The maximum Gasteiger partial charge on any atom is 0.271 e. The van der Waals surface area contributed by atoms with E-state index in [2.05, 4.69) is 38.7 Å². The zero-order chi connectivity index (χ0) is 16.9. The number of aliphatic hydroxyl groups is 1. The Hall–Kier alpha value is -2.18. The van der Waals surface area contributed by atoms with Crippen LogP contribution in [0, 0.1) is 0 Å². The number of nitrogens with zero attached hydrogens (tertiary/aromatic N) is 2. The first-order chi connectivity index (χ1) is 11.6. The molecule has 1 aromatic rings. The SMILES string of the molecule is CC1C=NC(C(=O)NCC(O)CN2CCc3ccccc3C2)=CN1. The van der Waals surface area contributed by atoms with Crippen LogP contribution in [0.15, 0.2) is 41.2 Å². The lowest BCUT2D eigenvalue weighted by Crippen LogP contribution is -2.42. The van der Waals surface area contributed by atoms with Gasteiger partial charge in [0.2, 0.25) is 0 Å². The quantitative estimate of drug-likeness (QED) is 0.732. The van der Waals surface area contributed by atoms with Crippen molar-refractivity contribution in [3.63, 3.8) is 0 Å². The van der Waals surface area contributed by atoms with Gasteiger partial charge < -0.3 is 15.7 Å². The Morgan fingerprint density at radius 1 is 1.46 bits per heavy atom. The molecule has 2 unspecified atom stereocenters. The highest BCUT2D eigenvalue weighted by molar-refractivity contribution is 5.95. The van der Waals surface area contributed by atoms with Crippen molar-refractivity contribution in [2.24, 2.45) is 4.99 Å². The molecule has 0 aliphatic carbocycles. The van der Waals surface area contributed by atoms with Gasteiger partial charge in [-0.2, -0.15) is 0 Å². The lowest BCUT2D eigenvalue weighted by Gasteiger charge is -2.30. The number of amides is 1. The average Bonchev–Trinajstić information content (AvgIpc) is 2.60. The van der Waals surface area contributed by atoms with Gasteiger partial charge in [0.1, 0.15) is 5.70 Å². The molecule has 0 saturated heterocycles. The average molecular weight is 328 g/mol. The molecule has 2 aliphatic heterocycles. The van der Waals surface area contributed by atoms with Gasteiger partial charge in [0.05, 0.1) is 12.1 Å². The summed E-state index contributed by atoms with van der Waals surface area (Å²) in [4.78, 5) is 18.3. The molecule has 1 amide bonds. The molecular weight excluding hydrogens is 304 g/mol. The van der Waals surface area contributed by atoms with Gasteiger partial charge in [-0.1, -0.05) is 24.3 Å². The number of nitrogens with one attached hydrogen (secondary N) is 2. The van der Waals surface area contributed by atoms with E-state index in [0.29, 0.717) is 12.2 Å². The van der Waals surface area contributed by atoms with E-state index in [-0.39, 0.29) is 18.5 Å². The number of benzene rings is 1. The standard InChI is InChI=1S/C18H24N4O2/c1-13-8-20-17(10-19-13)18(24)21-9-16(23)12-22-7-6-14-4-2-3-5-15(14)11-22/h2-5,8,10,13,16,19,23H,6-7,9,11-12H2,1H3,(H,21,24). The first-order valence-corrected chi connectivity index (χ1v) is 8.37. The molecule has 128 valence electrons. The van der Waals surface area contributed by atoms with Crippen molar-refractivity contribution in [1.82, 2.24) is 15.5 Å². The fourth-order valence-electron chi connectivity index (χ4n) is 2.98. The number of aliphatic imine (C=N–C) groups is 1. The van der Waals surface area contributed by atoms with Crippen molar-refractivity contribution in [2.75, 3.05) is 19.6 Å². The van der Waals surface area contributed by atoms with Crippen LogP contribution in [0.25, 0.3) is 0 Å². The molecule has 0 radical (unpaired) electrons. The van der Waals surface area contributed by atoms with E-state index in [4.69, 9.17) is 0 Å². The fourth-order valence-corrected chi connectivity index (χ4v) is 2.98. The van der Waals surface area contributed by atoms with Crippen molar-refractivity contribution in [3.8, 4) is 0 Å². The topological polar surface area (TPSA) is 77.0 Å². The van der Waals surface area contributed by atoms with Crippen LogP contribution in [-0.2, 0) is 17.8 Å². The minimum atomic E-state index is -0.598. The Balaban J connectivity index is 1.44. The second kappa shape index (κ2) is 7.59. The summed E-state index contributed by atoms with van der Waals surface area (Å²) >= 11 is 0. The lowest BCUT2D eigenvalue weighted by atomic mass is 10.00. The molecule has 2 heterocycles. The number of carbonyl (C=O) groups is 1. The molecule has 0 spiro atoms. The van der Waals surface area contributed by atoms with Gasteiger partial charge in [0.15, 0.2) is 0 Å². The van der Waals surface area contributed by atoms with Gasteiger partial charge in [0.25, 0.3) is 5.91 Å². The summed E-state index contributed by atoms with van der Waals surface area (Å²) in [7, 11) is 0. The maximum atomic E-state index is 12.0. The molecule has 3 rings (SSSR count). The smallest absolute Gasteiger partial charge is 0.271 e. The number of hydrogen-bond donors (Lipinski definition) is 3. The van der Waals surface area contributed by atoms with Crippen LogP contribution in [0.4, 0.5) is 0 Å². The molecule has 6 nitrogen and oxygen atoms in total. The number of fused-ring (bicyclic) bond motifs is 1. The van der Waals surface area contributed by atoms with Crippen LogP contribution in [-0.4, -0.2) is 53.9 Å². The van der Waals surface area contributed by atoms with Gasteiger partial charge in [-0.25, -0.2) is 0 Å². The monoisotopic (exact) mass is 328 g/mol. The Kier molecular flexibility index (Phi) is 5.27.